The van der Waals surface area contributed by atoms with Gasteiger partial charge in [-0.2, -0.15) is 23.1 Å². The molecule has 398 valence electrons. The number of nitrogens with one attached hydrogen (secondary N) is 1. The van der Waals surface area contributed by atoms with Crippen molar-refractivity contribution in [2.75, 3.05) is 69.8 Å². The van der Waals surface area contributed by atoms with E-state index >= 15 is 17.6 Å². The predicted molar refractivity (Wildman–Crippen MR) is 275 cm³/mol. The Morgan fingerprint density at radius 3 is 2.03 bits per heavy atom. The van der Waals surface area contributed by atoms with Crippen LogP contribution < -0.4 is 38.8 Å². The van der Waals surface area contributed by atoms with Gasteiger partial charge in [0.05, 0.1) is 66.6 Å². The SMILES string of the molecule is COc1ccc(CNc2nccnc2[C@@H](C)N2CCOc3c(Cl)c(-c4nc(N(Cc5ccc(OC)cc5)Cc5ccc(OC)cc5)cc(C)c4C(F)(F)F)c(F)c4nc(OC[C@@H]5C[C@]6(CN5C)CC6(F)F)nc2c34)cc1. The third-order valence-electron chi connectivity index (χ3n) is 14.5. The number of hydrogen-bond acceptors (Lipinski definition) is 14. The number of hydrogen-bond donors (Lipinski definition) is 1. The number of nitrogens with zero attached hydrogens (tertiary/aromatic N) is 8. The minimum absolute atomic E-state index is 0.0452. The molecule has 0 radical (unpaired) electrons. The summed E-state index contributed by atoms with van der Waals surface area (Å²) in [5.41, 5.74) is -1.67. The van der Waals surface area contributed by atoms with Gasteiger partial charge in [0.25, 0.3) is 5.92 Å². The zero-order valence-electron chi connectivity index (χ0n) is 42.4. The Balaban J connectivity index is 1.11. The number of likely N-dealkylation sites (N-methyl/N-ethyl adjacent to an activating group) is 1. The molecule has 1 saturated carbocycles. The van der Waals surface area contributed by atoms with E-state index in [2.05, 4.69) is 20.3 Å². The van der Waals surface area contributed by atoms with Gasteiger partial charge in [-0.1, -0.05) is 48.0 Å². The highest BCUT2D eigenvalue weighted by Gasteiger charge is 2.73. The molecule has 14 nitrogen and oxygen atoms in total. The maximum Gasteiger partial charge on any atom is 0.418 e. The summed E-state index contributed by atoms with van der Waals surface area (Å²) < 4.78 is 123. The first-order chi connectivity index (χ1) is 36.4. The second kappa shape index (κ2) is 20.7. The van der Waals surface area contributed by atoms with E-state index in [-0.39, 0.29) is 86.6 Å². The molecule has 3 aliphatic rings. The van der Waals surface area contributed by atoms with Crippen LogP contribution in [-0.4, -0.2) is 96.5 Å². The Bertz CT molecular complexity index is 3220. The van der Waals surface area contributed by atoms with Crippen LogP contribution >= 0.6 is 11.6 Å². The number of halogens is 7. The Morgan fingerprint density at radius 1 is 0.868 bits per heavy atom. The Kier molecular flexibility index (Phi) is 14.2. The minimum atomic E-state index is -5.06. The molecule has 5 heterocycles. The average molecular weight is 1070 g/mol. The van der Waals surface area contributed by atoms with Crippen LogP contribution in [0, 0.1) is 18.2 Å². The summed E-state index contributed by atoms with van der Waals surface area (Å²) in [5, 5.41) is 2.83. The summed E-state index contributed by atoms with van der Waals surface area (Å²) in [7, 11) is 6.39. The zero-order chi connectivity index (χ0) is 53.7. The number of pyridine rings is 1. The zero-order valence-corrected chi connectivity index (χ0v) is 43.2. The second-order valence-electron chi connectivity index (χ2n) is 19.4. The molecule has 76 heavy (non-hydrogen) atoms. The number of aryl methyl sites for hydroxylation is 1. The Morgan fingerprint density at radius 2 is 1.46 bits per heavy atom. The van der Waals surface area contributed by atoms with Crippen molar-refractivity contribution in [2.24, 2.45) is 5.41 Å². The maximum atomic E-state index is 18.3. The fourth-order valence-corrected chi connectivity index (χ4v) is 10.7. The van der Waals surface area contributed by atoms with Crippen LogP contribution in [0.15, 0.2) is 91.3 Å². The molecule has 1 saturated heterocycles. The number of likely N-dealkylation sites (tertiary alicyclic amines) is 1. The van der Waals surface area contributed by atoms with Crippen LogP contribution in [0.5, 0.6) is 29.0 Å². The van der Waals surface area contributed by atoms with Gasteiger partial charge >= 0.3 is 12.2 Å². The molecule has 2 aliphatic heterocycles. The lowest BCUT2D eigenvalue weighted by molar-refractivity contribution is -0.137. The summed E-state index contributed by atoms with van der Waals surface area (Å²) in [5.74, 6) is -1.74. The van der Waals surface area contributed by atoms with Gasteiger partial charge in [0, 0.05) is 51.0 Å². The second-order valence-corrected chi connectivity index (χ2v) is 19.8. The molecule has 1 N–H and O–H groups in total. The number of rotatable bonds is 17. The van der Waals surface area contributed by atoms with Crippen LogP contribution in [0.4, 0.5) is 43.8 Å². The molecule has 21 heteroatoms. The van der Waals surface area contributed by atoms with Crippen LogP contribution in [0.2, 0.25) is 5.02 Å². The van der Waals surface area contributed by atoms with Crippen molar-refractivity contribution >= 4 is 40.0 Å². The normalized spacial score (nSPS) is 18.3. The van der Waals surface area contributed by atoms with Gasteiger partial charge in [-0.05, 0) is 92.0 Å². The third-order valence-corrected chi connectivity index (χ3v) is 14.9. The maximum absolute atomic E-state index is 18.3. The first-order valence-corrected chi connectivity index (χ1v) is 24.9. The minimum Gasteiger partial charge on any atom is -0.497 e. The van der Waals surface area contributed by atoms with E-state index in [1.54, 1.807) is 67.3 Å². The van der Waals surface area contributed by atoms with Gasteiger partial charge in [-0.25, -0.2) is 23.1 Å². The van der Waals surface area contributed by atoms with Crippen LogP contribution in [-0.2, 0) is 25.8 Å². The van der Waals surface area contributed by atoms with E-state index in [9.17, 15) is 8.78 Å². The molecule has 3 aromatic heterocycles. The molecule has 1 spiro atoms. The van der Waals surface area contributed by atoms with Crippen molar-refractivity contribution in [1.29, 1.82) is 0 Å². The topological polar surface area (TPSA) is 132 Å². The lowest BCUT2D eigenvalue weighted by Crippen LogP contribution is -2.33. The highest BCUT2D eigenvalue weighted by Crippen LogP contribution is 2.66. The lowest BCUT2D eigenvalue weighted by atomic mass is 9.98. The molecular weight excluding hydrogens is 1020 g/mol. The van der Waals surface area contributed by atoms with Crippen molar-refractivity contribution in [2.45, 2.75) is 70.5 Å². The Labute approximate surface area is 439 Å². The third kappa shape index (κ3) is 10.1. The number of ether oxygens (including phenoxy) is 5. The van der Waals surface area contributed by atoms with E-state index in [1.807, 2.05) is 55.5 Å². The highest BCUT2D eigenvalue weighted by atomic mass is 35.5. The molecule has 3 atom stereocenters. The van der Waals surface area contributed by atoms with E-state index < -0.39 is 62.8 Å². The molecule has 2 fully saturated rings. The largest absolute Gasteiger partial charge is 0.497 e. The first kappa shape index (κ1) is 52.1. The average Bonchev–Trinajstić information content (AvgIpc) is 3.97. The quantitative estimate of drug-likeness (QED) is 0.0868. The van der Waals surface area contributed by atoms with E-state index in [0.29, 0.717) is 35.3 Å². The fraction of sp³-hybridized carbons (Fsp3) is 0.364. The number of aromatic nitrogens is 5. The smallest absolute Gasteiger partial charge is 0.418 e. The Hall–Kier alpha value is -7.32. The van der Waals surface area contributed by atoms with Crippen LogP contribution in [0.25, 0.3) is 22.2 Å². The van der Waals surface area contributed by atoms with Crippen LogP contribution in [0.3, 0.4) is 0 Å². The molecule has 4 aromatic carbocycles. The highest BCUT2D eigenvalue weighted by molar-refractivity contribution is 6.36. The monoisotopic (exact) mass is 1070 g/mol. The molecule has 7 aromatic rings. The standard InChI is InChI=1S/C55H54ClF6N9O5/c1-31-23-40(70(26-34-9-15-38(73-5)16-10-34)27-35-11-17-39(74-6)18-12-35)66-47(43(31)55(60,61)62)41-44(56)49-42-48(45(41)57)67-52(76-28-36-24-53(30-69(36)3)29-54(53,58)59)68-51(42)71(21-22-75-49)32(2)46-50(64-20-19-63-46)65-25-33-7-13-37(72-4)14-8-33/h7-20,23,32,36H,21-22,24-30H2,1-6H3,(H,64,65)/t32-,36+,53-/m1/s1. The van der Waals surface area contributed by atoms with Crippen LogP contribution in [0.1, 0.15) is 59.3 Å². The lowest BCUT2D eigenvalue weighted by Gasteiger charge is -2.30. The van der Waals surface area contributed by atoms with E-state index in [1.165, 1.54) is 25.4 Å². The van der Waals surface area contributed by atoms with Gasteiger partial charge in [0.2, 0.25) is 0 Å². The first-order valence-electron chi connectivity index (χ1n) is 24.5. The fourth-order valence-electron chi connectivity index (χ4n) is 10.3. The molecule has 0 bridgehead atoms. The van der Waals surface area contributed by atoms with Gasteiger partial charge in [0.15, 0.2) is 11.6 Å². The molecule has 1 aliphatic carbocycles. The van der Waals surface area contributed by atoms with Crippen molar-refractivity contribution in [3.8, 4) is 40.3 Å². The van der Waals surface area contributed by atoms with Crippen molar-refractivity contribution < 1.29 is 50.0 Å². The number of alkyl halides is 5. The van der Waals surface area contributed by atoms with E-state index in [4.69, 9.17) is 45.3 Å². The van der Waals surface area contributed by atoms with Crippen molar-refractivity contribution in [3.05, 3.63) is 136 Å². The summed E-state index contributed by atoms with van der Waals surface area (Å²) in [6, 6.07) is 21.7. The molecular formula is C55H54ClF6N9O5. The summed E-state index contributed by atoms with van der Waals surface area (Å²) in [6.07, 6.45) is -2.09. The summed E-state index contributed by atoms with van der Waals surface area (Å²) >= 11 is 7.25. The van der Waals surface area contributed by atoms with Gasteiger partial charge in [-0.3, -0.25) is 9.88 Å². The molecule has 10 rings (SSSR count). The van der Waals surface area contributed by atoms with Gasteiger partial charge in [0.1, 0.15) is 59.1 Å². The summed E-state index contributed by atoms with van der Waals surface area (Å²) in [4.78, 5) is 28.8. The number of anilines is 3. The molecule has 0 unspecified atom stereocenters. The molecule has 0 amide bonds. The van der Waals surface area contributed by atoms with Gasteiger partial charge in [-0.15, -0.1) is 0 Å². The predicted octanol–water partition coefficient (Wildman–Crippen LogP) is 11.5. The number of benzene rings is 4. The van der Waals surface area contributed by atoms with Crippen molar-refractivity contribution in [3.63, 3.8) is 0 Å². The van der Waals surface area contributed by atoms with Gasteiger partial charge < -0.3 is 38.8 Å². The van der Waals surface area contributed by atoms with E-state index in [0.717, 1.165) is 16.7 Å². The van der Waals surface area contributed by atoms with Crippen molar-refractivity contribution in [1.82, 2.24) is 29.8 Å². The summed E-state index contributed by atoms with van der Waals surface area (Å²) in [6.45, 7) is 3.81. The number of methoxy groups -OCH3 is 3.